The molecule has 0 saturated heterocycles. The predicted molar refractivity (Wildman–Crippen MR) is 89.9 cm³/mol. The van der Waals surface area contributed by atoms with E-state index in [-0.39, 0.29) is 0 Å². The molecule has 0 aromatic carbocycles. The summed E-state index contributed by atoms with van der Waals surface area (Å²) in [6, 6.07) is 0. The number of nitrogens with zero attached hydrogens (tertiary/aromatic N) is 2. The molecule has 1 saturated carbocycles. The van der Waals surface area contributed by atoms with Crippen LogP contribution in [0.2, 0.25) is 0 Å². The van der Waals surface area contributed by atoms with E-state index in [0.717, 1.165) is 36.9 Å². The van der Waals surface area contributed by atoms with Crippen molar-refractivity contribution in [2.75, 3.05) is 11.9 Å². The molecule has 2 rings (SSSR count). The Morgan fingerprint density at radius 2 is 1.95 bits per heavy atom. The van der Waals surface area contributed by atoms with E-state index in [1.165, 1.54) is 43.4 Å². The minimum atomic E-state index is 0.565. The zero-order valence-electron chi connectivity index (χ0n) is 14.2. The molecule has 0 spiro atoms. The fraction of sp³-hybridized carbons (Fsp3) is 0.778. The number of aryl methyl sites for hydroxylation is 1. The molecule has 2 unspecified atom stereocenters. The van der Waals surface area contributed by atoms with Gasteiger partial charge in [-0.2, -0.15) is 0 Å². The Morgan fingerprint density at radius 1 is 1.14 bits per heavy atom. The first-order valence-electron chi connectivity index (χ1n) is 8.80. The van der Waals surface area contributed by atoms with Crippen molar-refractivity contribution in [1.29, 1.82) is 0 Å². The minimum Gasteiger partial charge on any atom is -0.370 e. The van der Waals surface area contributed by atoms with Gasteiger partial charge in [-0.15, -0.1) is 0 Å². The fourth-order valence-corrected chi connectivity index (χ4v) is 3.51. The van der Waals surface area contributed by atoms with Crippen LogP contribution in [-0.2, 0) is 6.42 Å². The second kappa shape index (κ2) is 7.77. The van der Waals surface area contributed by atoms with Crippen LogP contribution in [0.4, 0.5) is 5.82 Å². The molecule has 1 aliphatic carbocycles. The van der Waals surface area contributed by atoms with Crippen molar-refractivity contribution in [3.8, 4) is 0 Å². The van der Waals surface area contributed by atoms with Crippen LogP contribution >= 0.6 is 0 Å². The Bertz CT molecular complexity index is 456. The van der Waals surface area contributed by atoms with Gasteiger partial charge in [0.2, 0.25) is 0 Å². The molecule has 1 aromatic heterocycles. The highest BCUT2D eigenvalue weighted by Gasteiger charge is 2.25. The third-order valence-corrected chi connectivity index (χ3v) is 4.85. The summed E-state index contributed by atoms with van der Waals surface area (Å²) in [5.41, 5.74) is 2.45. The van der Waals surface area contributed by atoms with Gasteiger partial charge in [0.05, 0.1) is 0 Å². The van der Waals surface area contributed by atoms with Crippen LogP contribution in [0.3, 0.4) is 0 Å². The third kappa shape index (κ3) is 3.96. The van der Waals surface area contributed by atoms with Crippen LogP contribution in [0.1, 0.15) is 82.3 Å². The van der Waals surface area contributed by atoms with Crippen molar-refractivity contribution in [3.05, 3.63) is 17.1 Å². The number of hydrogen-bond acceptors (Lipinski definition) is 3. The lowest BCUT2D eigenvalue weighted by Crippen LogP contribution is -2.18. The van der Waals surface area contributed by atoms with Gasteiger partial charge in [0.25, 0.3) is 0 Å². The zero-order valence-corrected chi connectivity index (χ0v) is 14.2. The molecule has 3 nitrogen and oxygen atoms in total. The molecule has 1 aromatic rings. The van der Waals surface area contributed by atoms with Crippen LogP contribution in [0.5, 0.6) is 0 Å². The Morgan fingerprint density at radius 3 is 2.62 bits per heavy atom. The molecule has 21 heavy (non-hydrogen) atoms. The smallest absolute Gasteiger partial charge is 0.134 e. The second-order valence-electron chi connectivity index (χ2n) is 6.41. The first-order valence-corrected chi connectivity index (χ1v) is 8.80. The molecule has 3 heteroatoms. The van der Waals surface area contributed by atoms with Crippen LogP contribution in [0, 0.1) is 12.8 Å². The molecule has 0 amide bonds. The van der Waals surface area contributed by atoms with E-state index in [4.69, 9.17) is 9.97 Å². The van der Waals surface area contributed by atoms with Gasteiger partial charge in [0.15, 0.2) is 0 Å². The summed E-state index contributed by atoms with van der Waals surface area (Å²) < 4.78 is 0. The molecule has 2 atom stereocenters. The zero-order chi connectivity index (χ0) is 15.2. The maximum Gasteiger partial charge on any atom is 0.134 e. The van der Waals surface area contributed by atoms with Gasteiger partial charge < -0.3 is 5.32 Å². The van der Waals surface area contributed by atoms with Gasteiger partial charge in [-0.3, -0.25) is 0 Å². The van der Waals surface area contributed by atoms with Crippen LogP contribution in [0.25, 0.3) is 0 Å². The molecule has 0 bridgehead atoms. The van der Waals surface area contributed by atoms with E-state index >= 15 is 0 Å². The molecular formula is C18H31N3. The quantitative estimate of drug-likeness (QED) is 0.813. The average molecular weight is 289 g/mol. The first-order chi connectivity index (χ1) is 10.2. The Balaban J connectivity index is 2.24. The van der Waals surface area contributed by atoms with Crippen LogP contribution in [0.15, 0.2) is 0 Å². The summed E-state index contributed by atoms with van der Waals surface area (Å²) in [6.45, 7) is 9.83. The van der Waals surface area contributed by atoms with E-state index in [0.29, 0.717) is 5.92 Å². The Labute approximate surface area is 130 Å². The standard InChI is InChI=1S/C18H31N3/c1-5-11-19-18-16(7-3)13(4)20-17(21-18)15-10-8-9-14(6-2)12-15/h14-15H,5-12H2,1-4H3,(H,19,20,21). The molecule has 1 fully saturated rings. The van der Waals surface area contributed by atoms with Gasteiger partial charge in [-0.05, 0) is 38.5 Å². The number of hydrogen-bond donors (Lipinski definition) is 1. The summed E-state index contributed by atoms with van der Waals surface area (Å²) in [4.78, 5) is 9.77. The SMILES string of the molecule is CCCNc1nc(C2CCCC(CC)C2)nc(C)c1CC. The lowest BCUT2D eigenvalue weighted by Gasteiger charge is -2.28. The lowest BCUT2D eigenvalue weighted by molar-refractivity contribution is 0.307. The number of rotatable bonds is 6. The largest absolute Gasteiger partial charge is 0.370 e. The fourth-order valence-electron chi connectivity index (χ4n) is 3.51. The molecule has 1 N–H and O–H groups in total. The monoisotopic (exact) mass is 289 g/mol. The van der Waals surface area contributed by atoms with Crippen molar-refractivity contribution in [3.63, 3.8) is 0 Å². The molecule has 0 radical (unpaired) electrons. The summed E-state index contributed by atoms with van der Waals surface area (Å²) >= 11 is 0. The van der Waals surface area contributed by atoms with Crippen molar-refractivity contribution in [2.45, 2.75) is 78.6 Å². The topological polar surface area (TPSA) is 37.8 Å². The summed E-state index contributed by atoms with van der Waals surface area (Å²) in [5, 5.41) is 3.51. The van der Waals surface area contributed by atoms with Crippen molar-refractivity contribution < 1.29 is 0 Å². The van der Waals surface area contributed by atoms with Crippen LogP contribution in [-0.4, -0.2) is 16.5 Å². The number of aromatic nitrogens is 2. The maximum atomic E-state index is 4.91. The maximum absolute atomic E-state index is 4.91. The minimum absolute atomic E-state index is 0.565. The van der Waals surface area contributed by atoms with Gasteiger partial charge in [0.1, 0.15) is 11.6 Å². The number of anilines is 1. The van der Waals surface area contributed by atoms with Crippen LogP contribution < -0.4 is 5.32 Å². The Kier molecular flexibility index (Phi) is 6.01. The van der Waals surface area contributed by atoms with Crippen molar-refractivity contribution in [2.24, 2.45) is 5.92 Å². The van der Waals surface area contributed by atoms with E-state index in [2.05, 4.69) is 33.0 Å². The number of nitrogens with one attached hydrogen (secondary N) is 1. The lowest BCUT2D eigenvalue weighted by atomic mass is 9.80. The second-order valence-corrected chi connectivity index (χ2v) is 6.41. The molecular weight excluding hydrogens is 258 g/mol. The van der Waals surface area contributed by atoms with Crippen molar-refractivity contribution >= 4 is 5.82 Å². The third-order valence-electron chi connectivity index (χ3n) is 4.85. The van der Waals surface area contributed by atoms with Crippen molar-refractivity contribution in [1.82, 2.24) is 9.97 Å². The van der Waals surface area contributed by atoms with E-state index < -0.39 is 0 Å². The highest BCUT2D eigenvalue weighted by atomic mass is 15.0. The highest BCUT2D eigenvalue weighted by Crippen LogP contribution is 2.37. The molecule has 1 aliphatic rings. The Hall–Kier alpha value is -1.12. The van der Waals surface area contributed by atoms with E-state index in [1.807, 2.05) is 0 Å². The summed E-state index contributed by atoms with van der Waals surface area (Å²) in [7, 11) is 0. The molecule has 0 aliphatic heterocycles. The van der Waals surface area contributed by atoms with Gasteiger partial charge >= 0.3 is 0 Å². The molecule has 118 valence electrons. The van der Waals surface area contributed by atoms with Gasteiger partial charge in [0, 0.05) is 23.7 Å². The normalized spacial score (nSPS) is 22.3. The molecule has 1 heterocycles. The summed E-state index contributed by atoms with van der Waals surface area (Å²) in [6.07, 6.45) is 8.68. The first kappa shape index (κ1) is 16.3. The van der Waals surface area contributed by atoms with Gasteiger partial charge in [-0.25, -0.2) is 9.97 Å². The summed E-state index contributed by atoms with van der Waals surface area (Å²) in [5.74, 6) is 3.60. The van der Waals surface area contributed by atoms with E-state index in [9.17, 15) is 0 Å². The average Bonchev–Trinajstić information content (AvgIpc) is 2.52. The predicted octanol–water partition coefficient (Wildman–Crippen LogP) is 4.85. The highest BCUT2D eigenvalue weighted by molar-refractivity contribution is 5.46. The van der Waals surface area contributed by atoms with E-state index in [1.54, 1.807) is 0 Å². The van der Waals surface area contributed by atoms with Gasteiger partial charge in [-0.1, -0.05) is 40.0 Å².